The van der Waals surface area contributed by atoms with Crippen molar-refractivity contribution in [3.05, 3.63) is 34.4 Å². The van der Waals surface area contributed by atoms with Gasteiger partial charge in [0.05, 0.1) is 10.2 Å². The van der Waals surface area contributed by atoms with Crippen molar-refractivity contribution in [2.45, 2.75) is 29.5 Å². The van der Waals surface area contributed by atoms with Crippen LogP contribution in [0, 0.1) is 10.1 Å². The number of rotatable bonds is 5. The highest BCUT2D eigenvalue weighted by molar-refractivity contribution is 8.00. The number of hydrogen-bond donors (Lipinski definition) is 1. The van der Waals surface area contributed by atoms with E-state index in [0.29, 0.717) is 6.04 Å². The first-order chi connectivity index (χ1) is 12.0. The lowest BCUT2D eigenvalue weighted by Crippen LogP contribution is -2.49. The average Bonchev–Trinajstić information content (AvgIpc) is 3.12. The second-order valence-corrected chi connectivity index (χ2v) is 7.94. The molecule has 0 aliphatic carbocycles. The number of hydrogen-bond acceptors (Lipinski definition) is 6. The number of amides is 1. The molecular formula is C17H24N4O3S. The molecule has 2 unspecified atom stereocenters. The van der Waals surface area contributed by atoms with Gasteiger partial charge in [-0.1, -0.05) is 0 Å². The number of nitrogens with zero attached hydrogens (tertiary/aromatic N) is 3. The first kappa shape index (κ1) is 18.2. The first-order valence-corrected chi connectivity index (χ1v) is 9.57. The summed E-state index contributed by atoms with van der Waals surface area (Å²) in [5.74, 6) is 0.154. The van der Waals surface area contributed by atoms with E-state index in [-0.39, 0.29) is 16.8 Å². The second kappa shape index (κ2) is 8.16. The van der Waals surface area contributed by atoms with Gasteiger partial charge < -0.3 is 10.2 Å². The molecule has 3 rings (SSSR count). The lowest BCUT2D eigenvalue weighted by atomic mass is 10.2. The fourth-order valence-electron chi connectivity index (χ4n) is 3.45. The normalized spacial score (nSPS) is 22.8. The lowest BCUT2D eigenvalue weighted by molar-refractivity contribution is -0.384. The van der Waals surface area contributed by atoms with Crippen molar-refractivity contribution in [1.82, 2.24) is 15.1 Å². The maximum absolute atomic E-state index is 12.7. The van der Waals surface area contributed by atoms with Gasteiger partial charge in [-0.05, 0) is 25.5 Å². The summed E-state index contributed by atoms with van der Waals surface area (Å²) in [4.78, 5) is 28.3. The molecule has 1 aromatic carbocycles. The molecule has 2 aliphatic heterocycles. The number of benzene rings is 1. The number of non-ortho nitro benzene ring substituents is 1. The summed E-state index contributed by atoms with van der Waals surface area (Å²) in [7, 11) is 0. The van der Waals surface area contributed by atoms with E-state index in [4.69, 9.17) is 0 Å². The predicted molar refractivity (Wildman–Crippen MR) is 97.8 cm³/mol. The van der Waals surface area contributed by atoms with Crippen molar-refractivity contribution >= 4 is 23.4 Å². The summed E-state index contributed by atoms with van der Waals surface area (Å²) in [6.45, 7) is 7.70. The molecule has 136 valence electrons. The number of carbonyl (C=O) groups is 1. The van der Waals surface area contributed by atoms with Crippen LogP contribution in [0.5, 0.6) is 0 Å². The molecular weight excluding hydrogens is 340 g/mol. The van der Waals surface area contributed by atoms with E-state index in [9.17, 15) is 14.9 Å². The monoisotopic (exact) mass is 364 g/mol. The molecule has 1 amide bonds. The Balaban J connectivity index is 1.52. The average molecular weight is 364 g/mol. The molecule has 0 bridgehead atoms. The van der Waals surface area contributed by atoms with Crippen molar-refractivity contribution in [3.8, 4) is 0 Å². The van der Waals surface area contributed by atoms with Gasteiger partial charge in [0.2, 0.25) is 5.91 Å². The molecule has 2 fully saturated rings. The van der Waals surface area contributed by atoms with Crippen molar-refractivity contribution in [3.63, 3.8) is 0 Å². The lowest BCUT2D eigenvalue weighted by Gasteiger charge is -2.32. The molecule has 25 heavy (non-hydrogen) atoms. The van der Waals surface area contributed by atoms with Crippen LogP contribution in [0.4, 0.5) is 5.69 Å². The van der Waals surface area contributed by atoms with Crippen LogP contribution in [0.15, 0.2) is 29.2 Å². The molecule has 7 nitrogen and oxygen atoms in total. The third-order valence-electron chi connectivity index (χ3n) is 4.85. The summed E-state index contributed by atoms with van der Waals surface area (Å²) in [6, 6.07) is 6.86. The smallest absolute Gasteiger partial charge is 0.269 e. The number of nitro groups is 1. The van der Waals surface area contributed by atoms with Gasteiger partial charge in [0.25, 0.3) is 5.69 Å². The summed E-state index contributed by atoms with van der Waals surface area (Å²) in [5.41, 5.74) is 0.0711. The first-order valence-electron chi connectivity index (χ1n) is 8.69. The van der Waals surface area contributed by atoms with Gasteiger partial charge in [-0.25, -0.2) is 0 Å². The van der Waals surface area contributed by atoms with Crippen molar-refractivity contribution in [2.24, 2.45) is 0 Å². The quantitative estimate of drug-likeness (QED) is 0.486. The van der Waals surface area contributed by atoms with Gasteiger partial charge in [0.1, 0.15) is 0 Å². The van der Waals surface area contributed by atoms with Crippen molar-refractivity contribution in [1.29, 1.82) is 0 Å². The van der Waals surface area contributed by atoms with E-state index < -0.39 is 4.92 Å². The number of piperazine rings is 1. The minimum atomic E-state index is -0.413. The van der Waals surface area contributed by atoms with Crippen LogP contribution in [0.2, 0.25) is 0 Å². The summed E-state index contributed by atoms with van der Waals surface area (Å²) >= 11 is 1.46. The van der Waals surface area contributed by atoms with E-state index in [1.807, 2.05) is 11.8 Å². The summed E-state index contributed by atoms with van der Waals surface area (Å²) in [6.07, 6.45) is 1.04. The minimum absolute atomic E-state index is 0.0711. The zero-order valence-corrected chi connectivity index (χ0v) is 15.2. The topological polar surface area (TPSA) is 78.7 Å². The Morgan fingerprint density at radius 1 is 1.28 bits per heavy atom. The van der Waals surface area contributed by atoms with Gasteiger partial charge in [-0.2, -0.15) is 0 Å². The van der Waals surface area contributed by atoms with Crippen molar-refractivity contribution in [2.75, 3.05) is 39.3 Å². The molecule has 2 aliphatic rings. The van der Waals surface area contributed by atoms with Gasteiger partial charge in [0, 0.05) is 62.3 Å². The van der Waals surface area contributed by atoms with Gasteiger partial charge in [-0.3, -0.25) is 19.8 Å². The molecule has 0 spiro atoms. The SMILES string of the molecule is CC(Sc1ccc([N+](=O)[O-])cc1)C(=O)N1CCC(N2CCNCC2)C1. The third-order valence-corrected chi connectivity index (χ3v) is 5.95. The molecule has 0 saturated carbocycles. The van der Waals surface area contributed by atoms with E-state index in [2.05, 4.69) is 10.2 Å². The zero-order valence-electron chi connectivity index (χ0n) is 14.4. The predicted octanol–water partition coefficient (Wildman–Crippen LogP) is 1.58. The Labute approximate surface area is 151 Å². The maximum atomic E-state index is 12.7. The van der Waals surface area contributed by atoms with Gasteiger partial charge in [0.15, 0.2) is 0 Å². The van der Waals surface area contributed by atoms with E-state index >= 15 is 0 Å². The maximum Gasteiger partial charge on any atom is 0.269 e. The van der Waals surface area contributed by atoms with Gasteiger partial charge >= 0.3 is 0 Å². The number of nitro benzene ring substituents is 1. The van der Waals surface area contributed by atoms with E-state index in [1.165, 1.54) is 23.9 Å². The molecule has 0 radical (unpaired) electrons. The minimum Gasteiger partial charge on any atom is -0.340 e. The summed E-state index contributed by atoms with van der Waals surface area (Å²) < 4.78 is 0. The Kier molecular flexibility index (Phi) is 5.93. The Morgan fingerprint density at radius 2 is 1.96 bits per heavy atom. The number of carbonyl (C=O) groups excluding carboxylic acids is 1. The van der Waals surface area contributed by atoms with Crippen LogP contribution in [0.25, 0.3) is 0 Å². The van der Waals surface area contributed by atoms with Crippen LogP contribution in [-0.4, -0.2) is 71.2 Å². The number of nitrogens with one attached hydrogen (secondary N) is 1. The fraction of sp³-hybridized carbons (Fsp3) is 0.588. The van der Waals surface area contributed by atoms with Crippen LogP contribution < -0.4 is 5.32 Å². The molecule has 2 atom stereocenters. The fourth-order valence-corrected chi connectivity index (χ4v) is 4.40. The Hall–Kier alpha value is -1.64. The second-order valence-electron chi connectivity index (χ2n) is 6.52. The highest BCUT2D eigenvalue weighted by Crippen LogP contribution is 2.28. The van der Waals surface area contributed by atoms with E-state index in [0.717, 1.165) is 50.6 Å². The van der Waals surface area contributed by atoms with Crippen molar-refractivity contribution < 1.29 is 9.72 Å². The molecule has 0 aromatic heterocycles. The zero-order chi connectivity index (χ0) is 17.8. The van der Waals surface area contributed by atoms with Gasteiger partial charge in [-0.15, -0.1) is 11.8 Å². The van der Waals surface area contributed by atoms with Crippen LogP contribution >= 0.6 is 11.8 Å². The van der Waals surface area contributed by atoms with Crippen LogP contribution in [-0.2, 0) is 4.79 Å². The Bertz CT molecular complexity index is 619. The largest absolute Gasteiger partial charge is 0.340 e. The third kappa shape index (κ3) is 4.50. The Morgan fingerprint density at radius 3 is 2.60 bits per heavy atom. The molecule has 1 N–H and O–H groups in total. The van der Waals surface area contributed by atoms with E-state index in [1.54, 1.807) is 12.1 Å². The standard InChI is InChI=1S/C17H24N4O3S/c1-13(25-16-4-2-14(3-5-16)21(23)24)17(22)20-9-6-15(12-20)19-10-7-18-8-11-19/h2-5,13,15,18H,6-12H2,1H3. The molecule has 8 heteroatoms. The highest BCUT2D eigenvalue weighted by atomic mass is 32.2. The highest BCUT2D eigenvalue weighted by Gasteiger charge is 2.32. The molecule has 2 saturated heterocycles. The van der Waals surface area contributed by atoms with Crippen LogP contribution in [0.3, 0.4) is 0 Å². The molecule has 1 aromatic rings. The molecule has 2 heterocycles. The number of likely N-dealkylation sites (tertiary alicyclic amines) is 1. The number of thioether (sulfide) groups is 1. The summed E-state index contributed by atoms with van der Waals surface area (Å²) in [5, 5.41) is 13.9. The van der Waals surface area contributed by atoms with Crippen LogP contribution in [0.1, 0.15) is 13.3 Å².